The van der Waals surface area contributed by atoms with Crippen molar-refractivity contribution in [2.75, 3.05) is 20.1 Å². The lowest BCUT2D eigenvalue weighted by atomic mass is 9.54. The SMILES string of the molecule is CN(C1C2CC3CC(C2)CC1C3)N1CCCCC1.Cl.O. The molecule has 4 heteroatoms. The summed E-state index contributed by atoms with van der Waals surface area (Å²) in [6, 6.07) is 0.899. The van der Waals surface area contributed by atoms with E-state index in [2.05, 4.69) is 17.1 Å². The Kier molecular flexibility index (Phi) is 5.39. The van der Waals surface area contributed by atoms with Crippen molar-refractivity contribution in [2.24, 2.45) is 23.7 Å². The second kappa shape index (κ2) is 6.51. The molecule has 4 saturated carbocycles. The van der Waals surface area contributed by atoms with Gasteiger partial charge in [0.25, 0.3) is 0 Å². The summed E-state index contributed by atoms with van der Waals surface area (Å²) in [4.78, 5) is 0. The van der Waals surface area contributed by atoms with E-state index in [4.69, 9.17) is 0 Å². The average molecular weight is 303 g/mol. The highest BCUT2D eigenvalue weighted by atomic mass is 35.5. The summed E-state index contributed by atoms with van der Waals surface area (Å²) >= 11 is 0. The Morgan fingerprint density at radius 3 is 1.80 bits per heavy atom. The van der Waals surface area contributed by atoms with Gasteiger partial charge in [-0.25, -0.2) is 10.0 Å². The average Bonchev–Trinajstić information content (AvgIpc) is 2.38. The molecule has 0 atom stereocenters. The van der Waals surface area contributed by atoms with Crippen molar-refractivity contribution >= 4 is 12.4 Å². The number of nitrogens with zero attached hydrogens (tertiary/aromatic N) is 2. The zero-order valence-corrected chi connectivity index (χ0v) is 13.6. The molecule has 0 amide bonds. The van der Waals surface area contributed by atoms with Crippen LogP contribution in [-0.2, 0) is 0 Å². The molecular formula is C16H31ClN2O. The molecule has 1 aliphatic heterocycles. The van der Waals surface area contributed by atoms with Crippen LogP contribution in [0, 0.1) is 23.7 Å². The summed E-state index contributed by atoms with van der Waals surface area (Å²) < 4.78 is 0. The Labute approximate surface area is 129 Å². The van der Waals surface area contributed by atoms with E-state index in [9.17, 15) is 0 Å². The van der Waals surface area contributed by atoms with Gasteiger partial charge in [0.15, 0.2) is 0 Å². The molecule has 5 rings (SSSR count). The Morgan fingerprint density at radius 1 is 0.800 bits per heavy atom. The first kappa shape index (κ1) is 16.5. The topological polar surface area (TPSA) is 38.0 Å². The van der Waals surface area contributed by atoms with E-state index in [1.54, 1.807) is 32.1 Å². The molecule has 2 N–H and O–H groups in total. The highest BCUT2D eigenvalue weighted by Crippen LogP contribution is 2.55. The molecule has 118 valence electrons. The van der Waals surface area contributed by atoms with E-state index in [0.29, 0.717) is 0 Å². The van der Waals surface area contributed by atoms with Gasteiger partial charge in [-0.2, -0.15) is 0 Å². The molecule has 5 fully saturated rings. The molecule has 0 radical (unpaired) electrons. The second-order valence-corrected chi connectivity index (χ2v) is 7.51. The van der Waals surface area contributed by atoms with E-state index in [1.165, 1.54) is 32.4 Å². The fourth-order valence-corrected chi connectivity index (χ4v) is 5.89. The van der Waals surface area contributed by atoms with Crippen molar-refractivity contribution < 1.29 is 5.48 Å². The van der Waals surface area contributed by atoms with E-state index in [-0.39, 0.29) is 17.9 Å². The molecule has 0 spiro atoms. The first-order chi connectivity index (χ1) is 8.81. The monoisotopic (exact) mass is 302 g/mol. The molecule has 5 aliphatic rings. The third kappa shape index (κ3) is 2.75. The molecule has 0 aromatic carbocycles. The van der Waals surface area contributed by atoms with Crippen LogP contribution in [0.5, 0.6) is 0 Å². The lowest BCUT2D eigenvalue weighted by Gasteiger charge is -2.58. The van der Waals surface area contributed by atoms with Crippen LogP contribution in [0.4, 0.5) is 0 Å². The normalized spacial score (nSPS) is 43.2. The Balaban J connectivity index is 0.000000735. The van der Waals surface area contributed by atoms with Crippen LogP contribution in [0.3, 0.4) is 0 Å². The Morgan fingerprint density at radius 2 is 1.30 bits per heavy atom. The highest BCUT2D eigenvalue weighted by Gasteiger charge is 2.50. The minimum Gasteiger partial charge on any atom is -0.412 e. The van der Waals surface area contributed by atoms with E-state index >= 15 is 0 Å². The van der Waals surface area contributed by atoms with Crippen LogP contribution >= 0.6 is 12.4 Å². The van der Waals surface area contributed by atoms with Crippen LogP contribution in [-0.4, -0.2) is 41.7 Å². The molecule has 1 saturated heterocycles. The number of halogens is 1. The van der Waals surface area contributed by atoms with Gasteiger partial charge in [-0.3, -0.25) is 0 Å². The fourth-order valence-electron chi connectivity index (χ4n) is 5.89. The van der Waals surface area contributed by atoms with Gasteiger partial charge in [0.2, 0.25) is 0 Å². The van der Waals surface area contributed by atoms with Gasteiger partial charge >= 0.3 is 0 Å². The number of piperidine rings is 1. The summed E-state index contributed by atoms with van der Waals surface area (Å²) in [5.74, 6) is 4.29. The minimum absolute atomic E-state index is 0. The second-order valence-electron chi connectivity index (χ2n) is 7.51. The summed E-state index contributed by atoms with van der Waals surface area (Å²) in [5, 5.41) is 5.38. The van der Waals surface area contributed by atoms with E-state index < -0.39 is 0 Å². The first-order valence-corrected chi connectivity index (χ1v) is 8.29. The Hall–Kier alpha value is 0.170. The van der Waals surface area contributed by atoms with E-state index in [1.807, 2.05) is 0 Å². The maximum absolute atomic E-state index is 2.70. The lowest BCUT2D eigenvalue weighted by molar-refractivity contribution is -0.142. The largest absolute Gasteiger partial charge is 0.412 e. The predicted octanol–water partition coefficient (Wildman–Crippen LogP) is 2.74. The van der Waals surface area contributed by atoms with Crippen LogP contribution in [0.2, 0.25) is 0 Å². The van der Waals surface area contributed by atoms with Gasteiger partial charge in [-0.1, -0.05) is 6.42 Å². The summed E-state index contributed by atoms with van der Waals surface area (Å²) in [5.41, 5.74) is 0. The molecule has 4 aliphatic carbocycles. The number of hydrazine groups is 1. The fraction of sp³-hybridized carbons (Fsp3) is 1.00. The van der Waals surface area contributed by atoms with Crippen LogP contribution in [0.15, 0.2) is 0 Å². The molecule has 0 unspecified atom stereocenters. The van der Waals surface area contributed by atoms with Crippen molar-refractivity contribution in [1.29, 1.82) is 0 Å². The molecule has 1 heterocycles. The molecule has 4 bridgehead atoms. The quantitative estimate of drug-likeness (QED) is 0.786. The molecule has 3 nitrogen and oxygen atoms in total. The predicted molar refractivity (Wildman–Crippen MR) is 84.9 cm³/mol. The Bertz CT molecular complexity index is 292. The van der Waals surface area contributed by atoms with Crippen molar-refractivity contribution in [1.82, 2.24) is 10.0 Å². The van der Waals surface area contributed by atoms with Crippen molar-refractivity contribution in [3.05, 3.63) is 0 Å². The zero-order chi connectivity index (χ0) is 12.1. The third-order valence-corrected chi connectivity index (χ3v) is 6.39. The van der Waals surface area contributed by atoms with E-state index in [0.717, 1.165) is 29.7 Å². The van der Waals surface area contributed by atoms with Gasteiger partial charge < -0.3 is 5.48 Å². The van der Waals surface area contributed by atoms with Gasteiger partial charge in [-0.15, -0.1) is 12.4 Å². The minimum atomic E-state index is 0. The van der Waals surface area contributed by atoms with Gasteiger partial charge in [0.05, 0.1) is 0 Å². The van der Waals surface area contributed by atoms with Gasteiger partial charge in [0.1, 0.15) is 0 Å². The van der Waals surface area contributed by atoms with Gasteiger partial charge in [0, 0.05) is 26.2 Å². The van der Waals surface area contributed by atoms with Crippen LogP contribution in [0.25, 0.3) is 0 Å². The van der Waals surface area contributed by atoms with Crippen LogP contribution < -0.4 is 0 Å². The molecule has 20 heavy (non-hydrogen) atoms. The summed E-state index contributed by atoms with van der Waals surface area (Å²) in [6.45, 7) is 2.64. The smallest absolute Gasteiger partial charge is 0.0299 e. The van der Waals surface area contributed by atoms with Crippen LogP contribution in [0.1, 0.15) is 51.4 Å². The molecule has 0 aromatic rings. The number of hydrogen-bond acceptors (Lipinski definition) is 2. The molecular weight excluding hydrogens is 272 g/mol. The summed E-state index contributed by atoms with van der Waals surface area (Å²) in [7, 11) is 2.40. The lowest BCUT2D eigenvalue weighted by Crippen LogP contribution is -2.59. The number of hydrogen-bond donors (Lipinski definition) is 0. The van der Waals surface area contributed by atoms with Crippen molar-refractivity contribution in [3.8, 4) is 0 Å². The molecule has 0 aromatic heterocycles. The standard InChI is InChI=1S/C16H28N2.ClH.H2O/c1-17(18-5-3-2-4-6-18)16-14-8-12-7-13(10-14)11-15(16)9-12;;/h12-16H,2-11H2,1H3;1H;1H2. The number of rotatable bonds is 2. The summed E-state index contributed by atoms with van der Waals surface area (Å²) in [6.07, 6.45) is 12.1. The third-order valence-electron chi connectivity index (χ3n) is 6.39. The zero-order valence-electron chi connectivity index (χ0n) is 12.8. The maximum Gasteiger partial charge on any atom is 0.0299 e. The highest BCUT2D eigenvalue weighted by molar-refractivity contribution is 5.85. The van der Waals surface area contributed by atoms with Crippen molar-refractivity contribution in [2.45, 2.75) is 57.4 Å². The van der Waals surface area contributed by atoms with Crippen molar-refractivity contribution in [3.63, 3.8) is 0 Å². The van der Waals surface area contributed by atoms with Gasteiger partial charge in [-0.05, 0) is 68.6 Å². The maximum atomic E-state index is 2.70. The first-order valence-electron chi connectivity index (χ1n) is 8.29.